The molecular weight excluding hydrogens is 160 g/mol. The van der Waals surface area contributed by atoms with Gasteiger partial charge < -0.3 is 9.47 Å². The molecule has 2 heterocycles. The molecular formula is C8H14O2S. The van der Waals surface area contributed by atoms with Crippen molar-refractivity contribution in [3.8, 4) is 0 Å². The van der Waals surface area contributed by atoms with Crippen LogP contribution in [0.3, 0.4) is 0 Å². The maximum atomic E-state index is 5.51. The van der Waals surface area contributed by atoms with Gasteiger partial charge in [0.15, 0.2) is 6.29 Å². The summed E-state index contributed by atoms with van der Waals surface area (Å²) in [5, 5.41) is 0. The summed E-state index contributed by atoms with van der Waals surface area (Å²) in [5.41, 5.74) is 0. The molecule has 0 bridgehead atoms. The van der Waals surface area contributed by atoms with E-state index in [0.29, 0.717) is 5.92 Å². The van der Waals surface area contributed by atoms with Gasteiger partial charge in [0.25, 0.3) is 0 Å². The van der Waals surface area contributed by atoms with Crippen molar-refractivity contribution in [3.63, 3.8) is 0 Å². The van der Waals surface area contributed by atoms with Crippen LogP contribution in [0.4, 0.5) is 0 Å². The van der Waals surface area contributed by atoms with Crippen LogP contribution in [0.25, 0.3) is 0 Å². The zero-order chi connectivity index (χ0) is 7.68. The predicted octanol–water partition coefficient (Wildman–Crippen LogP) is 1.36. The fraction of sp³-hybridized carbons (Fsp3) is 1.00. The summed E-state index contributed by atoms with van der Waals surface area (Å²) in [6.07, 6.45) is 3.51. The molecule has 2 fully saturated rings. The molecule has 0 aromatic heterocycles. The van der Waals surface area contributed by atoms with Crippen molar-refractivity contribution in [2.24, 2.45) is 11.8 Å². The predicted molar refractivity (Wildman–Crippen MR) is 45.7 cm³/mol. The lowest BCUT2D eigenvalue weighted by Crippen LogP contribution is -2.16. The Kier molecular flexibility index (Phi) is 2.39. The van der Waals surface area contributed by atoms with Gasteiger partial charge in [-0.15, -0.1) is 0 Å². The summed E-state index contributed by atoms with van der Waals surface area (Å²) in [5.74, 6) is 2.67. The van der Waals surface area contributed by atoms with Crippen molar-refractivity contribution in [2.45, 2.75) is 12.7 Å². The van der Waals surface area contributed by atoms with Crippen LogP contribution >= 0.6 is 11.8 Å². The molecule has 64 valence electrons. The fourth-order valence-electron chi connectivity index (χ4n) is 1.94. The maximum Gasteiger partial charge on any atom is 0.160 e. The minimum absolute atomic E-state index is 0.146. The Balaban J connectivity index is 1.92. The number of ether oxygens (including phenoxy) is 2. The average molecular weight is 174 g/mol. The molecule has 0 unspecified atom stereocenters. The summed E-state index contributed by atoms with van der Waals surface area (Å²) in [6, 6.07) is 0. The lowest BCUT2D eigenvalue weighted by atomic mass is 9.95. The van der Waals surface area contributed by atoms with E-state index in [-0.39, 0.29) is 6.29 Å². The van der Waals surface area contributed by atoms with Crippen LogP contribution in [0.5, 0.6) is 0 Å². The van der Waals surface area contributed by atoms with Crippen molar-refractivity contribution in [3.05, 3.63) is 0 Å². The quantitative estimate of drug-likeness (QED) is 0.629. The third-order valence-corrected chi connectivity index (χ3v) is 3.31. The summed E-state index contributed by atoms with van der Waals surface area (Å²) >= 11 is 1.91. The molecule has 3 heteroatoms. The first kappa shape index (κ1) is 7.90. The van der Waals surface area contributed by atoms with Gasteiger partial charge in [-0.25, -0.2) is 0 Å². The Hall–Kier alpha value is 0.270. The van der Waals surface area contributed by atoms with Gasteiger partial charge in [0, 0.05) is 5.92 Å². The molecule has 0 spiro atoms. The highest BCUT2D eigenvalue weighted by molar-refractivity contribution is 7.98. The summed E-state index contributed by atoms with van der Waals surface area (Å²) in [4.78, 5) is 0. The van der Waals surface area contributed by atoms with Crippen LogP contribution in [-0.2, 0) is 9.47 Å². The largest absolute Gasteiger partial charge is 0.352 e. The highest BCUT2D eigenvalue weighted by Crippen LogP contribution is 2.36. The van der Waals surface area contributed by atoms with Gasteiger partial charge in [-0.2, -0.15) is 11.8 Å². The SMILES string of the molecule is CSC[C@@H]1CO[C@@H]2OCC[C@H]12. The minimum Gasteiger partial charge on any atom is -0.352 e. The number of hydrogen-bond donors (Lipinski definition) is 0. The van der Waals surface area contributed by atoms with Crippen molar-refractivity contribution < 1.29 is 9.47 Å². The molecule has 0 aromatic carbocycles. The smallest absolute Gasteiger partial charge is 0.160 e. The number of hydrogen-bond acceptors (Lipinski definition) is 3. The molecule has 11 heavy (non-hydrogen) atoms. The van der Waals surface area contributed by atoms with Crippen LogP contribution < -0.4 is 0 Å². The van der Waals surface area contributed by atoms with Crippen molar-refractivity contribution in [1.29, 1.82) is 0 Å². The molecule has 0 aromatic rings. The molecule has 2 nitrogen and oxygen atoms in total. The van der Waals surface area contributed by atoms with Crippen LogP contribution in [-0.4, -0.2) is 31.5 Å². The zero-order valence-electron chi connectivity index (χ0n) is 6.79. The third-order valence-electron chi connectivity index (χ3n) is 2.54. The van der Waals surface area contributed by atoms with Gasteiger partial charge >= 0.3 is 0 Å². The Morgan fingerprint density at radius 2 is 2.36 bits per heavy atom. The summed E-state index contributed by atoms with van der Waals surface area (Å²) < 4.78 is 10.9. The number of rotatable bonds is 2. The monoisotopic (exact) mass is 174 g/mol. The standard InChI is InChI=1S/C8H14O2S/c1-11-5-6-4-10-8-7(6)2-3-9-8/h6-8H,2-5H2,1H3/t6-,7+,8-/m0/s1. The van der Waals surface area contributed by atoms with Crippen LogP contribution in [0.15, 0.2) is 0 Å². The number of thioether (sulfide) groups is 1. The van der Waals surface area contributed by atoms with E-state index in [9.17, 15) is 0 Å². The van der Waals surface area contributed by atoms with Crippen LogP contribution in [0.2, 0.25) is 0 Å². The Labute approximate surface area is 71.6 Å². The van der Waals surface area contributed by atoms with E-state index in [2.05, 4.69) is 6.26 Å². The highest BCUT2D eigenvalue weighted by Gasteiger charge is 2.40. The summed E-state index contributed by atoms with van der Waals surface area (Å²) in [7, 11) is 0. The molecule has 0 saturated carbocycles. The molecule has 2 saturated heterocycles. The van der Waals surface area contributed by atoms with Gasteiger partial charge in [-0.05, 0) is 24.3 Å². The van der Waals surface area contributed by atoms with Crippen molar-refractivity contribution in [1.82, 2.24) is 0 Å². The van der Waals surface area contributed by atoms with Crippen LogP contribution in [0.1, 0.15) is 6.42 Å². The molecule has 0 N–H and O–H groups in total. The topological polar surface area (TPSA) is 18.5 Å². The first-order valence-electron chi connectivity index (χ1n) is 4.14. The zero-order valence-corrected chi connectivity index (χ0v) is 7.60. The fourth-order valence-corrected chi connectivity index (χ4v) is 2.71. The molecule has 2 rings (SSSR count). The van der Waals surface area contributed by atoms with Gasteiger partial charge in [0.1, 0.15) is 0 Å². The van der Waals surface area contributed by atoms with E-state index < -0.39 is 0 Å². The van der Waals surface area contributed by atoms with Crippen molar-refractivity contribution in [2.75, 3.05) is 25.2 Å². The average Bonchev–Trinajstić information content (AvgIpc) is 2.53. The Morgan fingerprint density at radius 3 is 3.18 bits per heavy atom. The van der Waals surface area contributed by atoms with Gasteiger partial charge in [0.2, 0.25) is 0 Å². The third kappa shape index (κ3) is 1.42. The van der Waals surface area contributed by atoms with Gasteiger partial charge in [0.05, 0.1) is 13.2 Å². The Bertz CT molecular complexity index is 138. The lowest BCUT2D eigenvalue weighted by molar-refractivity contribution is -0.0905. The molecule has 0 aliphatic carbocycles. The molecule has 0 amide bonds. The van der Waals surface area contributed by atoms with Gasteiger partial charge in [-0.3, -0.25) is 0 Å². The normalized spacial score (nSPS) is 42.8. The van der Waals surface area contributed by atoms with E-state index in [1.807, 2.05) is 11.8 Å². The molecule has 3 atom stereocenters. The van der Waals surface area contributed by atoms with Crippen molar-refractivity contribution >= 4 is 11.8 Å². The second kappa shape index (κ2) is 3.33. The van der Waals surface area contributed by atoms with Gasteiger partial charge in [-0.1, -0.05) is 0 Å². The molecule has 2 aliphatic rings. The van der Waals surface area contributed by atoms with E-state index in [4.69, 9.17) is 9.47 Å². The molecule has 2 aliphatic heterocycles. The highest BCUT2D eigenvalue weighted by atomic mass is 32.2. The van der Waals surface area contributed by atoms with Crippen LogP contribution in [0, 0.1) is 11.8 Å². The summed E-state index contributed by atoms with van der Waals surface area (Å²) in [6.45, 7) is 1.82. The molecule has 0 radical (unpaired) electrons. The second-order valence-corrected chi connectivity index (χ2v) is 4.15. The van der Waals surface area contributed by atoms with E-state index >= 15 is 0 Å². The van der Waals surface area contributed by atoms with E-state index in [0.717, 1.165) is 19.1 Å². The number of fused-ring (bicyclic) bond motifs is 1. The van der Waals surface area contributed by atoms with E-state index in [1.165, 1.54) is 12.2 Å². The second-order valence-electron chi connectivity index (χ2n) is 3.24. The first-order valence-corrected chi connectivity index (χ1v) is 5.53. The first-order chi connectivity index (χ1) is 5.42. The Morgan fingerprint density at radius 1 is 1.45 bits per heavy atom. The van der Waals surface area contributed by atoms with E-state index in [1.54, 1.807) is 0 Å². The maximum absolute atomic E-state index is 5.51. The lowest BCUT2D eigenvalue weighted by Gasteiger charge is -2.12. The minimum atomic E-state index is 0.146.